The van der Waals surface area contributed by atoms with Crippen molar-refractivity contribution in [2.75, 3.05) is 0 Å². The molecular weight excluding hydrogens is 104 g/mol. The van der Waals surface area contributed by atoms with Crippen molar-refractivity contribution in [1.82, 2.24) is 0 Å². The van der Waals surface area contributed by atoms with Crippen molar-refractivity contribution in [2.45, 2.75) is 32.6 Å². The molecule has 7 heavy (non-hydrogen) atoms. The van der Waals surface area contributed by atoms with Gasteiger partial charge in [-0.05, 0) is 6.42 Å². The zero-order chi connectivity index (χ0) is 5.54. The van der Waals surface area contributed by atoms with Crippen molar-refractivity contribution in [2.24, 2.45) is 0 Å². The Morgan fingerprint density at radius 3 is 2.57 bits per heavy atom. The molecule has 1 heteroatoms. The molecule has 0 N–H and O–H groups in total. The first-order chi connectivity index (χ1) is 3.41. The number of hydrogen-bond acceptors (Lipinski definition) is 1. The van der Waals surface area contributed by atoms with E-state index in [1.807, 2.05) is 5.75 Å². The van der Waals surface area contributed by atoms with Gasteiger partial charge in [-0.15, -0.1) is 0 Å². The second-order valence-corrected chi connectivity index (χ2v) is 2.04. The molecule has 0 aromatic heterocycles. The van der Waals surface area contributed by atoms with Crippen LogP contribution in [0.5, 0.6) is 0 Å². The summed E-state index contributed by atoms with van der Waals surface area (Å²) in [5.41, 5.74) is 0. The van der Waals surface area contributed by atoms with E-state index >= 15 is 0 Å². The summed E-state index contributed by atoms with van der Waals surface area (Å²) in [5.74, 6) is 1.93. The number of hydrogen-bond donors (Lipinski definition) is 1. The highest BCUT2D eigenvalue weighted by molar-refractivity contribution is 7.82. The molecule has 0 fully saturated rings. The fraction of sp³-hybridized carbons (Fsp3) is 0.833. The third-order valence-electron chi connectivity index (χ3n) is 0.937. The van der Waals surface area contributed by atoms with Gasteiger partial charge in [-0.1, -0.05) is 26.2 Å². The molecular formula is C6H13S. The van der Waals surface area contributed by atoms with Gasteiger partial charge in [0, 0.05) is 5.75 Å². The molecule has 0 saturated carbocycles. The van der Waals surface area contributed by atoms with E-state index in [1.54, 1.807) is 0 Å². The molecule has 0 atom stereocenters. The Kier molecular flexibility index (Phi) is 6.67. The molecule has 0 bridgehead atoms. The van der Waals surface area contributed by atoms with E-state index in [4.69, 9.17) is 0 Å². The molecule has 0 rings (SSSR count). The van der Waals surface area contributed by atoms with E-state index in [0.29, 0.717) is 0 Å². The lowest BCUT2D eigenvalue weighted by Crippen LogP contribution is -1.70. The molecule has 0 spiro atoms. The molecule has 0 aromatic rings. The fourth-order valence-corrected chi connectivity index (χ4v) is 0.668. The average molecular weight is 117 g/mol. The monoisotopic (exact) mass is 117 g/mol. The first-order valence-electron chi connectivity index (χ1n) is 2.87. The van der Waals surface area contributed by atoms with Gasteiger partial charge in [-0.25, -0.2) is 0 Å². The van der Waals surface area contributed by atoms with E-state index in [2.05, 4.69) is 19.6 Å². The van der Waals surface area contributed by atoms with Crippen LogP contribution in [0.4, 0.5) is 0 Å². The van der Waals surface area contributed by atoms with E-state index in [0.717, 1.165) is 6.42 Å². The highest BCUT2D eigenvalue weighted by Crippen LogP contribution is 2.01. The van der Waals surface area contributed by atoms with Gasteiger partial charge < -0.3 is 0 Å². The van der Waals surface area contributed by atoms with Crippen LogP contribution in [0.2, 0.25) is 0 Å². The number of thiol groups is 1. The molecule has 0 aliphatic carbocycles. The van der Waals surface area contributed by atoms with Gasteiger partial charge in [0.1, 0.15) is 0 Å². The van der Waals surface area contributed by atoms with E-state index in [9.17, 15) is 0 Å². The molecule has 1 radical (unpaired) electrons. The summed E-state index contributed by atoms with van der Waals surface area (Å²) in [6.07, 6.45) is 5.12. The van der Waals surface area contributed by atoms with Gasteiger partial charge in [0.05, 0.1) is 0 Å². The predicted molar refractivity (Wildman–Crippen MR) is 37.4 cm³/mol. The molecule has 0 aliphatic heterocycles. The van der Waals surface area contributed by atoms with Crippen molar-refractivity contribution < 1.29 is 0 Å². The van der Waals surface area contributed by atoms with Gasteiger partial charge in [0.15, 0.2) is 0 Å². The molecule has 0 aromatic carbocycles. The first kappa shape index (κ1) is 7.35. The topological polar surface area (TPSA) is 0 Å². The van der Waals surface area contributed by atoms with Gasteiger partial charge in [0.25, 0.3) is 0 Å². The Bertz CT molecular complexity index is 23.4. The Hall–Kier alpha value is 0.350. The summed E-state index contributed by atoms with van der Waals surface area (Å²) in [6, 6.07) is 0. The van der Waals surface area contributed by atoms with Gasteiger partial charge in [-0.3, -0.25) is 0 Å². The van der Waals surface area contributed by atoms with Crippen LogP contribution in [0.3, 0.4) is 0 Å². The number of rotatable bonds is 4. The summed E-state index contributed by atoms with van der Waals surface area (Å²) in [5, 5.41) is 0. The van der Waals surface area contributed by atoms with Gasteiger partial charge in [0.2, 0.25) is 0 Å². The molecule has 0 nitrogen and oxygen atoms in total. The molecule has 0 amide bonds. The molecule has 0 aliphatic rings. The van der Waals surface area contributed by atoms with Crippen LogP contribution in [0, 0.1) is 5.75 Å². The summed E-state index contributed by atoms with van der Waals surface area (Å²) >= 11 is 3.97. The fourth-order valence-electron chi connectivity index (χ4n) is 0.486. The molecule has 0 unspecified atom stereocenters. The summed E-state index contributed by atoms with van der Waals surface area (Å²) < 4.78 is 0. The second kappa shape index (κ2) is 6.35. The van der Waals surface area contributed by atoms with Gasteiger partial charge in [-0.2, -0.15) is 12.6 Å². The van der Waals surface area contributed by atoms with E-state index in [1.165, 1.54) is 19.3 Å². The standard InChI is InChI=1S/C6H13S/c1-2-3-4-5-6-7/h6-7H,2-5H2,1H3. The van der Waals surface area contributed by atoms with Crippen molar-refractivity contribution in [3.8, 4) is 0 Å². The minimum absolute atomic E-state index is 1.16. The molecule has 0 heterocycles. The van der Waals surface area contributed by atoms with Crippen LogP contribution in [-0.2, 0) is 0 Å². The largest absolute Gasteiger partial charge is 0.175 e. The maximum absolute atomic E-state index is 3.97. The quantitative estimate of drug-likeness (QED) is 0.425. The first-order valence-corrected chi connectivity index (χ1v) is 3.39. The minimum atomic E-state index is 1.16. The van der Waals surface area contributed by atoms with Crippen LogP contribution >= 0.6 is 12.6 Å². The van der Waals surface area contributed by atoms with Crippen LogP contribution in [-0.4, -0.2) is 0 Å². The van der Waals surface area contributed by atoms with Crippen molar-refractivity contribution >= 4 is 12.6 Å². The second-order valence-electron chi connectivity index (χ2n) is 1.68. The van der Waals surface area contributed by atoms with Crippen LogP contribution < -0.4 is 0 Å². The van der Waals surface area contributed by atoms with Crippen molar-refractivity contribution in [1.29, 1.82) is 0 Å². The van der Waals surface area contributed by atoms with Crippen molar-refractivity contribution in [3.63, 3.8) is 0 Å². The molecule has 0 saturated heterocycles. The maximum atomic E-state index is 3.97. The number of unbranched alkanes of at least 4 members (excludes halogenated alkanes) is 3. The highest BCUT2D eigenvalue weighted by Gasteiger charge is 1.80. The normalized spacial score (nSPS) is 9.43. The average Bonchev–Trinajstić information content (AvgIpc) is 1.69. The maximum Gasteiger partial charge on any atom is 0.0133 e. The zero-order valence-electron chi connectivity index (χ0n) is 4.85. The Labute approximate surface area is 51.7 Å². The SMILES string of the molecule is CCCCC[CH]S. The third kappa shape index (κ3) is 6.35. The predicted octanol–water partition coefficient (Wildman–Crippen LogP) is 2.66. The van der Waals surface area contributed by atoms with E-state index < -0.39 is 0 Å². The Morgan fingerprint density at radius 1 is 1.43 bits per heavy atom. The molecule has 43 valence electrons. The summed E-state index contributed by atoms with van der Waals surface area (Å²) in [6.45, 7) is 2.21. The Balaban J connectivity index is 2.45. The summed E-state index contributed by atoms with van der Waals surface area (Å²) in [7, 11) is 0. The lowest BCUT2D eigenvalue weighted by atomic mass is 10.2. The minimum Gasteiger partial charge on any atom is -0.175 e. The van der Waals surface area contributed by atoms with Gasteiger partial charge >= 0.3 is 0 Å². The third-order valence-corrected chi connectivity index (χ3v) is 1.19. The van der Waals surface area contributed by atoms with Crippen LogP contribution in [0.1, 0.15) is 32.6 Å². The zero-order valence-corrected chi connectivity index (χ0v) is 5.75. The summed E-state index contributed by atoms with van der Waals surface area (Å²) in [4.78, 5) is 0. The van der Waals surface area contributed by atoms with Crippen LogP contribution in [0.15, 0.2) is 0 Å². The smallest absolute Gasteiger partial charge is 0.0133 e. The lowest BCUT2D eigenvalue weighted by Gasteiger charge is -1.89. The lowest BCUT2D eigenvalue weighted by molar-refractivity contribution is 0.724. The highest BCUT2D eigenvalue weighted by atomic mass is 32.1. The van der Waals surface area contributed by atoms with Crippen molar-refractivity contribution in [3.05, 3.63) is 5.75 Å². The van der Waals surface area contributed by atoms with Crippen LogP contribution in [0.25, 0.3) is 0 Å². The Morgan fingerprint density at radius 2 is 2.14 bits per heavy atom. The van der Waals surface area contributed by atoms with E-state index in [-0.39, 0.29) is 0 Å².